The standard InChI is InChI=1S/C27H28ClN5O3S/c1-36-23(34)13-18-4-8-20(9-5-18)29-25-24-22(3-2-12-37(24)35)30-26(31-25)33-16-27(17-33)14-32(15-27)21-10-6-19(28)7-11-21/h4-11H,2-3,12-17H2,1H3,(H,29,30,31)/t37-/m1/s1. The fraction of sp³-hybridized carbons (Fsp3) is 0.370. The van der Waals surface area contributed by atoms with Crippen molar-refractivity contribution < 1.29 is 13.7 Å². The van der Waals surface area contributed by atoms with Crippen LogP contribution in [0.25, 0.3) is 0 Å². The van der Waals surface area contributed by atoms with Crippen LogP contribution in [0.5, 0.6) is 0 Å². The molecule has 1 atom stereocenters. The van der Waals surface area contributed by atoms with E-state index >= 15 is 0 Å². The van der Waals surface area contributed by atoms with Gasteiger partial charge in [-0.15, -0.1) is 0 Å². The molecule has 2 saturated heterocycles. The van der Waals surface area contributed by atoms with Crippen LogP contribution >= 0.6 is 11.6 Å². The number of ether oxygens (including phenoxy) is 1. The van der Waals surface area contributed by atoms with Gasteiger partial charge in [0.15, 0.2) is 5.82 Å². The normalized spacial score (nSPS) is 19.6. The van der Waals surface area contributed by atoms with Crippen LogP contribution in [0, 0.1) is 5.41 Å². The zero-order valence-electron chi connectivity index (χ0n) is 20.6. The molecule has 0 unspecified atom stereocenters. The third-order valence-electron chi connectivity index (χ3n) is 7.27. The first-order valence-corrected chi connectivity index (χ1v) is 14.1. The Labute approximate surface area is 223 Å². The molecule has 1 N–H and O–H groups in total. The van der Waals surface area contributed by atoms with E-state index in [4.69, 9.17) is 26.3 Å². The van der Waals surface area contributed by atoms with Crippen LogP contribution in [0.1, 0.15) is 17.7 Å². The number of anilines is 4. The lowest BCUT2D eigenvalue weighted by Crippen LogP contribution is -2.72. The second kappa shape index (κ2) is 9.61. The minimum absolute atomic E-state index is 0.222. The Balaban J connectivity index is 1.18. The molecule has 6 rings (SSSR count). The first-order chi connectivity index (χ1) is 17.9. The third kappa shape index (κ3) is 4.78. The SMILES string of the molecule is COC(=O)Cc1ccc(Nc2nc(N3CC4(CN(c5ccc(Cl)cc5)C4)C3)nc3c2[S@](=O)CCC3)cc1. The smallest absolute Gasteiger partial charge is 0.309 e. The van der Waals surface area contributed by atoms with Crippen LogP contribution in [-0.2, 0) is 33.2 Å². The number of halogens is 1. The van der Waals surface area contributed by atoms with E-state index < -0.39 is 10.8 Å². The molecular weight excluding hydrogens is 510 g/mol. The number of hydrogen-bond donors (Lipinski definition) is 1. The Kier molecular flexibility index (Phi) is 6.28. The summed E-state index contributed by atoms with van der Waals surface area (Å²) in [5.74, 6) is 1.64. The molecule has 3 aliphatic rings. The summed E-state index contributed by atoms with van der Waals surface area (Å²) in [6.07, 6.45) is 1.88. The molecule has 0 aliphatic carbocycles. The maximum absolute atomic E-state index is 12.9. The van der Waals surface area contributed by atoms with Gasteiger partial charge in [-0.1, -0.05) is 23.7 Å². The highest BCUT2D eigenvalue weighted by atomic mass is 35.5. The summed E-state index contributed by atoms with van der Waals surface area (Å²) in [5, 5.41) is 4.13. The van der Waals surface area contributed by atoms with Gasteiger partial charge in [0.1, 0.15) is 4.90 Å². The number of esters is 1. The van der Waals surface area contributed by atoms with Gasteiger partial charge in [-0.05, 0) is 54.8 Å². The average Bonchev–Trinajstić information content (AvgIpc) is 2.84. The number of benzene rings is 2. The highest BCUT2D eigenvalue weighted by molar-refractivity contribution is 7.85. The number of hydrogen-bond acceptors (Lipinski definition) is 8. The zero-order chi connectivity index (χ0) is 25.6. The highest BCUT2D eigenvalue weighted by Crippen LogP contribution is 2.44. The lowest BCUT2D eigenvalue weighted by Gasteiger charge is -2.61. The highest BCUT2D eigenvalue weighted by Gasteiger charge is 2.52. The fourth-order valence-corrected chi connectivity index (χ4v) is 6.84. The van der Waals surface area contributed by atoms with E-state index in [1.54, 1.807) is 0 Å². The van der Waals surface area contributed by atoms with Crippen molar-refractivity contribution in [3.05, 3.63) is 64.8 Å². The first-order valence-electron chi connectivity index (χ1n) is 12.4. The summed E-state index contributed by atoms with van der Waals surface area (Å²) in [6.45, 7) is 3.81. The van der Waals surface area contributed by atoms with Gasteiger partial charge in [0.05, 0.1) is 30.0 Å². The lowest BCUT2D eigenvalue weighted by atomic mass is 9.72. The molecule has 8 nitrogen and oxygen atoms in total. The van der Waals surface area contributed by atoms with Crippen molar-refractivity contribution >= 4 is 51.5 Å². The van der Waals surface area contributed by atoms with Crippen LogP contribution in [0.2, 0.25) is 5.02 Å². The van der Waals surface area contributed by atoms with Crippen molar-refractivity contribution in [1.82, 2.24) is 9.97 Å². The van der Waals surface area contributed by atoms with Gasteiger partial charge in [0.2, 0.25) is 5.95 Å². The van der Waals surface area contributed by atoms with Crippen molar-refractivity contribution in [1.29, 1.82) is 0 Å². The average molecular weight is 538 g/mol. The minimum atomic E-state index is -1.14. The number of aromatic nitrogens is 2. The number of aryl methyl sites for hydroxylation is 1. The van der Waals surface area contributed by atoms with Crippen molar-refractivity contribution in [3.8, 4) is 0 Å². The Morgan fingerprint density at radius 3 is 2.46 bits per heavy atom. The molecule has 0 amide bonds. The molecular formula is C27H28ClN5O3S. The molecule has 10 heteroatoms. The third-order valence-corrected chi connectivity index (χ3v) is 9.06. The number of methoxy groups -OCH3 is 1. The molecule has 2 fully saturated rings. The first kappa shape index (κ1) is 24.2. The van der Waals surface area contributed by atoms with Crippen LogP contribution < -0.4 is 15.1 Å². The van der Waals surface area contributed by atoms with Gasteiger partial charge in [0.25, 0.3) is 0 Å². The van der Waals surface area contributed by atoms with Crippen molar-refractivity contribution in [2.45, 2.75) is 24.2 Å². The largest absolute Gasteiger partial charge is 0.469 e. The van der Waals surface area contributed by atoms with E-state index in [-0.39, 0.29) is 17.8 Å². The molecule has 3 aliphatic heterocycles. The van der Waals surface area contributed by atoms with E-state index in [2.05, 4.69) is 27.2 Å². The Bertz CT molecular complexity index is 1350. The van der Waals surface area contributed by atoms with Crippen LogP contribution in [-0.4, -0.2) is 59.2 Å². The number of rotatable bonds is 6. The number of nitrogens with zero attached hydrogens (tertiary/aromatic N) is 4. The lowest BCUT2D eigenvalue weighted by molar-refractivity contribution is -0.139. The van der Waals surface area contributed by atoms with Crippen LogP contribution in [0.3, 0.4) is 0 Å². The van der Waals surface area contributed by atoms with Crippen LogP contribution in [0.15, 0.2) is 53.4 Å². The van der Waals surface area contributed by atoms with E-state index in [1.165, 1.54) is 12.8 Å². The molecule has 3 aromatic rings. The molecule has 37 heavy (non-hydrogen) atoms. The summed E-state index contributed by atoms with van der Waals surface area (Å²) < 4.78 is 17.7. The minimum Gasteiger partial charge on any atom is -0.469 e. The Morgan fingerprint density at radius 2 is 1.76 bits per heavy atom. The predicted octanol–water partition coefficient (Wildman–Crippen LogP) is 3.97. The van der Waals surface area contributed by atoms with Crippen molar-refractivity contribution in [2.24, 2.45) is 5.41 Å². The van der Waals surface area contributed by atoms with Gasteiger partial charge in [0, 0.05) is 53.7 Å². The Morgan fingerprint density at radius 1 is 1.05 bits per heavy atom. The zero-order valence-corrected chi connectivity index (χ0v) is 22.1. The number of nitrogens with one attached hydrogen (secondary N) is 1. The molecule has 192 valence electrons. The Hall–Kier alpha value is -3.17. The molecule has 0 bridgehead atoms. The maximum atomic E-state index is 12.9. The summed E-state index contributed by atoms with van der Waals surface area (Å²) in [4.78, 5) is 26.6. The van der Waals surface area contributed by atoms with Crippen molar-refractivity contribution in [2.75, 3.05) is 54.2 Å². The van der Waals surface area contributed by atoms with E-state index in [0.29, 0.717) is 22.4 Å². The van der Waals surface area contributed by atoms with Gasteiger partial charge in [-0.2, -0.15) is 4.98 Å². The summed E-state index contributed by atoms with van der Waals surface area (Å²) in [5.41, 5.74) is 4.01. The molecule has 0 saturated carbocycles. The summed E-state index contributed by atoms with van der Waals surface area (Å²) >= 11 is 6.03. The topological polar surface area (TPSA) is 87.7 Å². The van der Waals surface area contributed by atoms with E-state index in [9.17, 15) is 9.00 Å². The van der Waals surface area contributed by atoms with Crippen LogP contribution in [0.4, 0.5) is 23.1 Å². The second-order valence-corrected chi connectivity index (χ2v) is 12.0. The van der Waals surface area contributed by atoms with Gasteiger partial charge in [-0.3, -0.25) is 9.00 Å². The fourth-order valence-electron chi connectivity index (χ4n) is 5.38. The van der Waals surface area contributed by atoms with Gasteiger partial charge >= 0.3 is 5.97 Å². The quantitative estimate of drug-likeness (QED) is 0.473. The molecule has 4 heterocycles. The molecule has 1 aromatic heterocycles. The summed E-state index contributed by atoms with van der Waals surface area (Å²) in [7, 11) is 0.248. The molecule has 1 spiro atoms. The maximum Gasteiger partial charge on any atom is 0.309 e. The number of fused-ring (bicyclic) bond motifs is 1. The predicted molar refractivity (Wildman–Crippen MR) is 145 cm³/mol. The molecule has 0 radical (unpaired) electrons. The van der Waals surface area contributed by atoms with Gasteiger partial charge < -0.3 is 19.9 Å². The summed E-state index contributed by atoms with van der Waals surface area (Å²) in [6, 6.07) is 15.6. The number of carbonyl (C=O) groups excluding carboxylic acids is 1. The van der Waals surface area contributed by atoms with E-state index in [1.807, 2.05) is 36.4 Å². The second-order valence-electron chi connectivity index (χ2n) is 10.1. The van der Waals surface area contributed by atoms with Crippen molar-refractivity contribution in [3.63, 3.8) is 0 Å². The van der Waals surface area contributed by atoms with Gasteiger partial charge in [-0.25, -0.2) is 4.98 Å². The number of carbonyl (C=O) groups is 1. The molecule has 2 aromatic carbocycles. The monoisotopic (exact) mass is 537 g/mol. The van der Waals surface area contributed by atoms with E-state index in [0.717, 1.165) is 61.0 Å².